The van der Waals surface area contributed by atoms with E-state index in [1.165, 1.54) is 18.2 Å². The zero-order valence-electron chi connectivity index (χ0n) is 12.7. The van der Waals surface area contributed by atoms with Crippen LogP contribution in [0.25, 0.3) is 0 Å². The van der Waals surface area contributed by atoms with Crippen LogP contribution in [0.1, 0.15) is 11.1 Å². The van der Waals surface area contributed by atoms with E-state index in [9.17, 15) is 21.4 Å². The first kappa shape index (κ1) is 20.8. The van der Waals surface area contributed by atoms with Gasteiger partial charge in [0.2, 0.25) is 10.0 Å². The zero-order valence-corrected chi connectivity index (χ0v) is 17.4. The number of sulfonamides is 1. The Morgan fingerprint density at radius 1 is 0.957 bits per heavy atom. The summed E-state index contributed by atoms with van der Waals surface area (Å²) in [5.41, 5.74) is 1.86. The van der Waals surface area contributed by atoms with E-state index >= 15 is 0 Å². The molecular formula is C14H14KNO5S2. The fourth-order valence-electron chi connectivity index (χ4n) is 2.01. The molecule has 0 aliphatic rings. The van der Waals surface area contributed by atoms with Crippen LogP contribution in [-0.4, -0.2) is 27.6 Å². The van der Waals surface area contributed by atoms with Gasteiger partial charge in [-0.2, -0.15) is 0 Å². The Kier molecular flexibility index (Phi) is 7.42. The molecule has 0 bridgehead atoms. The van der Waals surface area contributed by atoms with Crippen molar-refractivity contribution in [1.29, 1.82) is 0 Å². The molecule has 0 aliphatic heterocycles. The van der Waals surface area contributed by atoms with Gasteiger partial charge < -0.3 is 4.55 Å². The molecule has 2 aromatic rings. The fourth-order valence-corrected chi connectivity index (χ4v) is 3.10. The Morgan fingerprint density at radius 2 is 1.52 bits per heavy atom. The summed E-state index contributed by atoms with van der Waals surface area (Å²) >= 11 is 0. The first-order chi connectivity index (χ1) is 10.1. The Morgan fingerprint density at radius 3 is 2.09 bits per heavy atom. The van der Waals surface area contributed by atoms with Crippen LogP contribution in [0.2, 0.25) is 0 Å². The predicted octanol–water partition coefficient (Wildman–Crippen LogP) is -1.44. The molecule has 2 aromatic carbocycles. The predicted molar refractivity (Wildman–Crippen MR) is 82.1 cm³/mol. The van der Waals surface area contributed by atoms with Crippen LogP contribution in [0.5, 0.6) is 0 Å². The molecule has 0 saturated carbocycles. The molecule has 0 aliphatic carbocycles. The molecule has 0 heterocycles. The Hall–Kier alpha value is -0.264. The summed E-state index contributed by atoms with van der Waals surface area (Å²) in [7, 11) is -7.85. The SMILES string of the molecule is CS(=O)(=O)Nc1cccc(Cc2cccc(S(=O)(=O)[O-])c2)c1.[K+]. The molecule has 1 N–H and O–H groups in total. The van der Waals surface area contributed by atoms with Crippen molar-refractivity contribution in [2.24, 2.45) is 0 Å². The van der Waals surface area contributed by atoms with Gasteiger partial charge in [0.15, 0.2) is 0 Å². The summed E-state index contributed by atoms with van der Waals surface area (Å²) in [6.07, 6.45) is 1.44. The smallest absolute Gasteiger partial charge is 0.744 e. The van der Waals surface area contributed by atoms with E-state index < -0.39 is 20.1 Å². The normalized spacial score (nSPS) is 11.6. The van der Waals surface area contributed by atoms with Crippen molar-refractivity contribution in [3.63, 3.8) is 0 Å². The molecule has 118 valence electrons. The minimum absolute atomic E-state index is 0. The summed E-state index contributed by atoms with van der Waals surface area (Å²) in [4.78, 5) is -0.282. The summed E-state index contributed by atoms with van der Waals surface area (Å²) in [6, 6.07) is 12.5. The second-order valence-corrected chi connectivity index (χ2v) is 7.98. The first-order valence-corrected chi connectivity index (χ1v) is 9.55. The van der Waals surface area contributed by atoms with Gasteiger partial charge in [-0.1, -0.05) is 24.3 Å². The third kappa shape index (κ3) is 7.02. The Balaban J connectivity index is 0.00000264. The molecule has 9 heteroatoms. The second kappa shape index (κ2) is 8.21. The van der Waals surface area contributed by atoms with E-state index in [4.69, 9.17) is 0 Å². The first-order valence-electron chi connectivity index (χ1n) is 6.25. The van der Waals surface area contributed by atoms with Gasteiger partial charge in [-0.25, -0.2) is 16.8 Å². The van der Waals surface area contributed by atoms with Gasteiger partial charge >= 0.3 is 51.4 Å². The van der Waals surface area contributed by atoms with E-state index in [0.29, 0.717) is 17.7 Å². The third-order valence-electron chi connectivity index (χ3n) is 2.83. The summed E-state index contributed by atoms with van der Waals surface area (Å²) in [6.45, 7) is 0. The van der Waals surface area contributed by atoms with E-state index in [2.05, 4.69) is 4.72 Å². The fraction of sp³-hybridized carbons (Fsp3) is 0.143. The standard InChI is InChI=1S/C14H15NO5S2.K/c1-21(16,17)15-13-6-2-4-11(9-13)8-12-5-3-7-14(10-12)22(18,19)20;/h2-7,9-10,15H,8H2,1H3,(H,18,19,20);/q;+1/p-1. The summed E-state index contributed by atoms with van der Waals surface area (Å²) in [5.74, 6) is 0. The molecule has 0 saturated heterocycles. The van der Waals surface area contributed by atoms with Gasteiger partial charge in [0.05, 0.1) is 11.2 Å². The van der Waals surface area contributed by atoms with Crippen LogP contribution < -0.4 is 56.1 Å². The minimum Gasteiger partial charge on any atom is -0.744 e. The number of hydrogen-bond acceptors (Lipinski definition) is 5. The van der Waals surface area contributed by atoms with Crippen LogP contribution in [0.15, 0.2) is 53.4 Å². The van der Waals surface area contributed by atoms with E-state index in [1.807, 2.05) is 0 Å². The number of nitrogens with one attached hydrogen (secondary N) is 1. The maximum absolute atomic E-state index is 11.2. The minimum atomic E-state index is -4.49. The van der Waals surface area contributed by atoms with Gasteiger partial charge in [0.1, 0.15) is 10.1 Å². The van der Waals surface area contributed by atoms with Crippen LogP contribution >= 0.6 is 0 Å². The summed E-state index contributed by atoms with van der Waals surface area (Å²) < 4.78 is 57.8. The van der Waals surface area contributed by atoms with Gasteiger partial charge in [0.25, 0.3) is 0 Å². The molecule has 0 aromatic heterocycles. The van der Waals surface area contributed by atoms with Crippen LogP contribution in [0.3, 0.4) is 0 Å². The van der Waals surface area contributed by atoms with Crippen molar-refractivity contribution in [2.45, 2.75) is 11.3 Å². The molecule has 0 fully saturated rings. The molecule has 0 unspecified atom stereocenters. The molecular weight excluding hydrogens is 365 g/mol. The largest absolute Gasteiger partial charge is 1.00 e. The van der Waals surface area contributed by atoms with E-state index in [1.54, 1.807) is 30.3 Å². The van der Waals surface area contributed by atoms with Gasteiger partial charge in [-0.3, -0.25) is 4.72 Å². The molecule has 23 heavy (non-hydrogen) atoms. The molecule has 0 atom stereocenters. The third-order valence-corrected chi connectivity index (χ3v) is 4.26. The average Bonchev–Trinajstić information content (AvgIpc) is 2.36. The quantitative estimate of drug-likeness (QED) is 0.506. The number of rotatable bonds is 5. The monoisotopic (exact) mass is 379 g/mol. The van der Waals surface area contributed by atoms with E-state index in [0.717, 1.165) is 11.8 Å². The van der Waals surface area contributed by atoms with Crippen molar-refractivity contribution in [1.82, 2.24) is 0 Å². The topological polar surface area (TPSA) is 103 Å². The van der Waals surface area contributed by atoms with Gasteiger partial charge in [-0.15, -0.1) is 0 Å². The second-order valence-electron chi connectivity index (χ2n) is 4.85. The van der Waals surface area contributed by atoms with Crippen molar-refractivity contribution < 1.29 is 72.8 Å². The number of benzene rings is 2. The van der Waals surface area contributed by atoms with E-state index in [-0.39, 0.29) is 56.3 Å². The van der Waals surface area contributed by atoms with Crippen LogP contribution in [-0.2, 0) is 26.6 Å². The molecule has 2 rings (SSSR count). The van der Waals surface area contributed by atoms with Crippen molar-refractivity contribution in [3.05, 3.63) is 59.7 Å². The van der Waals surface area contributed by atoms with Crippen LogP contribution in [0.4, 0.5) is 5.69 Å². The van der Waals surface area contributed by atoms with Crippen molar-refractivity contribution in [2.75, 3.05) is 11.0 Å². The maximum Gasteiger partial charge on any atom is 1.00 e. The molecule has 0 spiro atoms. The number of anilines is 1. The van der Waals surface area contributed by atoms with Crippen molar-refractivity contribution >= 4 is 25.8 Å². The zero-order chi connectivity index (χ0) is 16.4. The molecule has 0 amide bonds. The Labute approximate surface area is 178 Å². The van der Waals surface area contributed by atoms with Crippen LogP contribution in [0, 0.1) is 0 Å². The molecule has 6 nitrogen and oxygen atoms in total. The molecule has 0 radical (unpaired) electrons. The average molecular weight is 380 g/mol. The van der Waals surface area contributed by atoms with Gasteiger partial charge in [0, 0.05) is 5.69 Å². The van der Waals surface area contributed by atoms with Gasteiger partial charge in [-0.05, 0) is 41.8 Å². The summed E-state index contributed by atoms with van der Waals surface area (Å²) in [5, 5.41) is 0. The maximum atomic E-state index is 11.2. The van der Waals surface area contributed by atoms with Crippen molar-refractivity contribution in [3.8, 4) is 0 Å². The Bertz CT molecular complexity index is 895. The number of hydrogen-bond donors (Lipinski definition) is 1.